The number of carbonyl (C=O) groups excluding carboxylic acids is 1. The van der Waals surface area contributed by atoms with E-state index in [1.807, 2.05) is 0 Å². The molecule has 1 rings (SSSR count). The van der Waals surface area contributed by atoms with Crippen molar-refractivity contribution in [1.29, 1.82) is 0 Å². The predicted octanol–water partition coefficient (Wildman–Crippen LogP) is 1.80. The van der Waals surface area contributed by atoms with Gasteiger partial charge >= 0.3 is 11.9 Å². The van der Waals surface area contributed by atoms with E-state index in [1.165, 1.54) is 18.2 Å². The third kappa shape index (κ3) is 3.56. The molecule has 0 saturated heterocycles. The second kappa shape index (κ2) is 5.18. The van der Waals surface area contributed by atoms with Gasteiger partial charge in [0, 0.05) is 6.54 Å². The summed E-state index contributed by atoms with van der Waals surface area (Å²) < 4.78 is 5.22. The van der Waals surface area contributed by atoms with Gasteiger partial charge in [-0.05, 0) is 44.5 Å². The second-order valence-corrected chi connectivity index (χ2v) is 4.88. The van der Waals surface area contributed by atoms with Crippen LogP contribution in [0.1, 0.15) is 47.1 Å². The van der Waals surface area contributed by atoms with Crippen LogP contribution in [-0.2, 0) is 11.3 Å². The number of esters is 1. The maximum Gasteiger partial charge on any atom is 0.338 e. The molecule has 0 spiro atoms. The van der Waals surface area contributed by atoms with E-state index in [2.05, 4.69) is 0 Å². The van der Waals surface area contributed by atoms with Gasteiger partial charge in [0.2, 0.25) is 0 Å². The Labute approximate surface area is 106 Å². The van der Waals surface area contributed by atoms with Gasteiger partial charge in [-0.1, -0.05) is 0 Å². The molecule has 1 aromatic carbocycles. The highest BCUT2D eigenvalue weighted by Gasteiger charge is 2.20. The van der Waals surface area contributed by atoms with Crippen LogP contribution in [0.3, 0.4) is 0 Å². The summed E-state index contributed by atoms with van der Waals surface area (Å²) in [6.07, 6.45) is 0. The molecular formula is C13H17NO4. The van der Waals surface area contributed by atoms with E-state index in [-0.39, 0.29) is 12.1 Å². The molecule has 18 heavy (non-hydrogen) atoms. The lowest BCUT2D eigenvalue weighted by molar-refractivity contribution is 0.00679. The molecule has 98 valence electrons. The zero-order chi connectivity index (χ0) is 13.9. The third-order valence-corrected chi connectivity index (χ3v) is 2.19. The van der Waals surface area contributed by atoms with Crippen molar-refractivity contribution in [1.82, 2.24) is 0 Å². The lowest BCUT2D eigenvalue weighted by atomic mass is 10.0. The maximum absolute atomic E-state index is 11.9. The molecule has 0 aliphatic heterocycles. The topological polar surface area (TPSA) is 89.6 Å². The number of carbonyl (C=O) groups is 2. The van der Waals surface area contributed by atoms with Crippen LogP contribution in [0.15, 0.2) is 18.2 Å². The van der Waals surface area contributed by atoms with Gasteiger partial charge in [-0.2, -0.15) is 0 Å². The molecule has 0 radical (unpaired) electrons. The second-order valence-electron chi connectivity index (χ2n) is 4.88. The molecule has 1 aromatic rings. The van der Waals surface area contributed by atoms with E-state index in [4.69, 9.17) is 15.6 Å². The van der Waals surface area contributed by atoms with Crippen molar-refractivity contribution in [3.8, 4) is 0 Å². The van der Waals surface area contributed by atoms with Crippen molar-refractivity contribution in [2.45, 2.75) is 32.9 Å². The lowest BCUT2D eigenvalue weighted by Gasteiger charge is -2.20. The van der Waals surface area contributed by atoms with E-state index >= 15 is 0 Å². The number of carboxylic acid groups (broad SMARTS) is 1. The highest BCUT2D eigenvalue weighted by Crippen LogP contribution is 2.17. The molecule has 0 bridgehead atoms. The number of aromatic carboxylic acids is 1. The van der Waals surface area contributed by atoms with Gasteiger partial charge < -0.3 is 15.6 Å². The van der Waals surface area contributed by atoms with E-state index in [0.29, 0.717) is 11.1 Å². The van der Waals surface area contributed by atoms with Crippen LogP contribution in [-0.4, -0.2) is 22.6 Å². The van der Waals surface area contributed by atoms with E-state index in [1.54, 1.807) is 20.8 Å². The standard InChI is InChI=1S/C13H17NO4/c1-13(2,3)18-12(17)10-5-4-8(11(15)16)6-9(10)7-14/h4-6H,7,14H2,1-3H3,(H,15,16). The number of hydrogen-bond donors (Lipinski definition) is 2. The van der Waals surface area contributed by atoms with Gasteiger partial charge in [-0.15, -0.1) is 0 Å². The molecular weight excluding hydrogens is 234 g/mol. The average molecular weight is 251 g/mol. The first kappa shape index (κ1) is 14.2. The molecule has 0 amide bonds. The first-order valence-electron chi connectivity index (χ1n) is 5.54. The molecule has 5 nitrogen and oxygen atoms in total. The maximum atomic E-state index is 11.9. The van der Waals surface area contributed by atoms with Crippen molar-refractivity contribution in [2.75, 3.05) is 0 Å². The molecule has 0 atom stereocenters. The smallest absolute Gasteiger partial charge is 0.338 e. The van der Waals surface area contributed by atoms with Gasteiger partial charge in [-0.3, -0.25) is 0 Å². The van der Waals surface area contributed by atoms with E-state index in [0.717, 1.165) is 0 Å². The molecule has 0 unspecified atom stereocenters. The zero-order valence-corrected chi connectivity index (χ0v) is 10.7. The van der Waals surface area contributed by atoms with Gasteiger partial charge in [0.15, 0.2) is 0 Å². The predicted molar refractivity (Wildman–Crippen MR) is 66.5 cm³/mol. The molecule has 0 aromatic heterocycles. The van der Waals surface area contributed by atoms with Crippen LogP contribution < -0.4 is 5.73 Å². The minimum Gasteiger partial charge on any atom is -0.478 e. The summed E-state index contributed by atoms with van der Waals surface area (Å²) in [5, 5.41) is 8.86. The summed E-state index contributed by atoms with van der Waals surface area (Å²) in [6.45, 7) is 5.37. The highest BCUT2D eigenvalue weighted by atomic mass is 16.6. The minimum atomic E-state index is -1.06. The summed E-state index contributed by atoms with van der Waals surface area (Å²) >= 11 is 0. The Bertz CT molecular complexity index is 474. The summed E-state index contributed by atoms with van der Waals surface area (Å²) in [7, 11) is 0. The van der Waals surface area contributed by atoms with Crippen LogP contribution in [0, 0.1) is 0 Å². The lowest BCUT2D eigenvalue weighted by Crippen LogP contribution is -2.25. The Morgan fingerprint density at radius 3 is 2.39 bits per heavy atom. The van der Waals surface area contributed by atoms with Crippen LogP contribution in [0.25, 0.3) is 0 Å². The SMILES string of the molecule is CC(C)(C)OC(=O)c1ccc(C(=O)O)cc1CN. The Hall–Kier alpha value is -1.88. The summed E-state index contributed by atoms with van der Waals surface area (Å²) in [5.74, 6) is -1.56. The first-order chi connectivity index (χ1) is 8.24. The van der Waals surface area contributed by atoms with Gasteiger partial charge in [0.1, 0.15) is 5.60 Å². The Balaban J connectivity index is 3.10. The number of hydrogen-bond acceptors (Lipinski definition) is 4. The number of carboxylic acids is 1. The molecule has 0 aliphatic rings. The Kier molecular flexibility index (Phi) is 4.08. The largest absolute Gasteiger partial charge is 0.478 e. The van der Waals surface area contributed by atoms with Crippen LogP contribution in [0.2, 0.25) is 0 Å². The number of ether oxygens (including phenoxy) is 1. The fourth-order valence-corrected chi connectivity index (χ4v) is 1.43. The van der Waals surface area contributed by atoms with Gasteiger partial charge in [0.25, 0.3) is 0 Å². The molecule has 5 heteroatoms. The zero-order valence-electron chi connectivity index (χ0n) is 10.7. The van der Waals surface area contributed by atoms with Gasteiger partial charge in [0.05, 0.1) is 11.1 Å². The normalized spacial score (nSPS) is 11.1. The Morgan fingerprint density at radius 2 is 1.94 bits per heavy atom. The Morgan fingerprint density at radius 1 is 1.33 bits per heavy atom. The van der Waals surface area contributed by atoms with Gasteiger partial charge in [-0.25, -0.2) is 9.59 Å². The summed E-state index contributed by atoms with van der Waals surface area (Å²) in [5.41, 5.74) is 5.78. The fourth-order valence-electron chi connectivity index (χ4n) is 1.43. The highest BCUT2D eigenvalue weighted by molar-refractivity contribution is 5.94. The average Bonchev–Trinajstić information content (AvgIpc) is 2.25. The fraction of sp³-hybridized carbons (Fsp3) is 0.385. The van der Waals surface area contributed by atoms with Crippen molar-refractivity contribution >= 4 is 11.9 Å². The van der Waals surface area contributed by atoms with Crippen molar-refractivity contribution in [2.24, 2.45) is 5.73 Å². The summed E-state index contributed by atoms with van der Waals surface area (Å²) in [6, 6.07) is 4.18. The number of benzene rings is 1. The third-order valence-electron chi connectivity index (χ3n) is 2.19. The summed E-state index contributed by atoms with van der Waals surface area (Å²) in [4.78, 5) is 22.7. The molecule has 0 heterocycles. The van der Waals surface area contributed by atoms with E-state index in [9.17, 15) is 9.59 Å². The number of nitrogens with two attached hydrogens (primary N) is 1. The molecule has 0 saturated carbocycles. The van der Waals surface area contributed by atoms with Crippen molar-refractivity contribution < 1.29 is 19.4 Å². The van der Waals surface area contributed by atoms with Crippen LogP contribution in [0.5, 0.6) is 0 Å². The quantitative estimate of drug-likeness (QED) is 0.799. The van der Waals surface area contributed by atoms with Crippen molar-refractivity contribution in [3.63, 3.8) is 0 Å². The first-order valence-corrected chi connectivity index (χ1v) is 5.54. The molecule has 0 aliphatic carbocycles. The molecule has 3 N–H and O–H groups in total. The van der Waals surface area contributed by atoms with Crippen LogP contribution in [0.4, 0.5) is 0 Å². The van der Waals surface area contributed by atoms with Crippen molar-refractivity contribution in [3.05, 3.63) is 34.9 Å². The number of rotatable bonds is 3. The van der Waals surface area contributed by atoms with E-state index < -0.39 is 17.5 Å². The molecule has 0 fully saturated rings. The monoisotopic (exact) mass is 251 g/mol. The van der Waals surface area contributed by atoms with Crippen LogP contribution >= 0.6 is 0 Å². The minimum absolute atomic E-state index is 0.0791.